The van der Waals surface area contributed by atoms with Gasteiger partial charge in [0.25, 0.3) is 0 Å². The average Bonchev–Trinajstić information content (AvgIpc) is 3.65. The number of nitrogens with zero attached hydrogens (tertiary/aromatic N) is 3. The lowest BCUT2D eigenvalue weighted by Gasteiger charge is -2.28. The summed E-state index contributed by atoms with van der Waals surface area (Å²) in [5.41, 5.74) is 9.57. The molecule has 1 aliphatic rings. The SMILES string of the molecule is CC1(C)COCCC(c2ccccc2F)n2ccc(n2)-c2cccc(c2)Oc2c(F)cc3[nH]ccc3c2CN(N)/C=C/1N. The van der Waals surface area contributed by atoms with Gasteiger partial charge in [-0.3, -0.25) is 4.68 Å². The number of nitrogens with one attached hydrogen (secondary N) is 1. The Morgan fingerprint density at radius 2 is 1.86 bits per heavy atom. The largest absolute Gasteiger partial charge is 0.454 e. The lowest BCUT2D eigenvalue weighted by molar-refractivity contribution is 0.0701. The molecule has 4 bridgehead atoms. The molecular weight excluding hydrogens is 550 g/mol. The summed E-state index contributed by atoms with van der Waals surface area (Å²) >= 11 is 0. The number of hydrogen-bond donors (Lipinski definition) is 3. The number of hydrazine groups is 1. The van der Waals surface area contributed by atoms with Gasteiger partial charge in [-0.05, 0) is 36.8 Å². The Morgan fingerprint density at radius 1 is 1.02 bits per heavy atom. The number of aromatic amines is 1. The fraction of sp³-hybridized carbons (Fsp3) is 0.242. The summed E-state index contributed by atoms with van der Waals surface area (Å²) in [5, 5.41) is 7.02. The van der Waals surface area contributed by atoms with E-state index < -0.39 is 17.3 Å². The van der Waals surface area contributed by atoms with Gasteiger partial charge in [0.2, 0.25) is 0 Å². The van der Waals surface area contributed by atoms with Crippen LogP contribution in [0.25, 0.3) is 22.2 Å². The number of aromatic nitrogens is 3. The maximum atomic E-state index is 15.6. The van der Waals surface area contributed by atoms with E-state index in [1.807, 2.05) is 50.4 Å². The highest BCUT2D eigenvalue weighted by Crippen LogP contribution is 2.37. The van der Waals surface area contributed by atoms with Gasteiger partial charge in [0.1, 0.15) is 11.6 Å². The molecule has 0 saturated heterocycles. The molecular formula is C33H34F2N6O2. The van der Waals surface area contributed by atoms with Crippen LogP contribution in [0.15, 0.2) is 91.0 Å². The molecule has 5 aromatic rings. The van der Waals surface area contributed by atoms with Crippen LogP contribution in [0.5, 0.6) is 11.5 Å². The van der Waals surface area contributed by atoms with E-state index in [0.29, 0.717) is 53.4 Å². The van der Waals surface area contributed by atoms with Crippen LogP contribution in [0.3, 0.4) is 0 Å². The van der Waals surface area contributed by atoms with Crippen molar-refractivity contribution in [3.8, 4) is 22.8 Å². The summed E-state index contributed by atoms with van der Waals surface area (Å²) in [6, 6.07) is 18.7. The first kappa shape index (κ1) is 28.4. The lowest BCUT2D eigenvalue weighted by Crippen LogP contribution is -2.32. The Hall–Kier alpha value is -4.67. The van der Waals surface area contributed by atoms with E-state index in [1.54, 1.807) is 41.3 Å². The van der Waals surface area contributed by atoms with Crippen LogP contribution in [0, 0.1) is 17.0 Å². The lowest BCUT2D eigenvalue weighted by atomic mass is 9.91. The van der Waals surface area contributed by atoms with Gasteiger partial charge in [0, 0.05) is 70.0 Å². The van der Waals surface area contributed by atoms with Crippen LogP contribution in [-0.4, -0.2) is 33.0 Å². The van der Waals surface area contributed by atoms with Crippen LogP contribution >= 0.6 is 0 Å². The fourth-order valence-corrected chi connectivity index (χ4v) is 5.36. The second-order valence-electron chi connectivity index (χ2n) is 11.4. The number of halogens is 2. The van der Waals surface area contributed by atoms with E-state index in [4.69, 9.17) is 26.1 Å². The minimum Gasteiger partial charge on any atom is -0.454 e. The number of benzene rings is 3. The molecule has 1 atom stereocenters. The Bertz CT molecular complexity index is 1790. The van der Waals surface area contributed by atoms with Crippen molar-refractivity contribution in [2.45, 2.75) is 32.9 Å². The zero-order chi connectivity index (χ0) is 30.1. The molecule has 8 nitrogen and oxygen atoms in total. The average molecular weight is 585 g/mol. The minimum absolute atomic E-state index is 0.0670. The van der Waals surface area contributed by atoms with E-state index in [-0.39, 0.29) is 18.1 Å². The second-order valence-corrected chi connectivity index (χ2v) is 11.4. The molecule has 3 heterocycles. The van der Waals surface area contributed by atoms with E-state index >= 15 is 4.39 Å². The van der Waals surface area contributed by atoms with Crippen LogP contribution in [0.4, 0.5) is 8.78 Å². The van der Waals surface area contributed by atoms with Crippen molar-refractivity contribution in [2.24, 2.45) is 17.0 Å². The monoisotopic (exact) mass is 584 g/mol. The smallest absolute Gasteiger partial charge is 0.168 e. The Labute approximate surface area is 248 Å². The number of nitrogens with two attached hydrogens (primary N) is 2. The predicted molar refractivity (Wildman–Crippen MR) is 162 cm³/mol. The second kappa shape index (κ2) is 11.5. The summed E-state index contributed by atoms with van der Waals surface area (Å²) < 4.78 is 44.6. The molecule has 0 spiro atoms. The third-order valence-corrected chi connectivity index (χ3v) is 7.83. The van der Waals surface area contributed by atoms with E-state index in [9.17, 15) is 4.39 Å². The summed E-state index contributed by atoms with van der Waals surface area (Å²) in [4.78, 5) is 3.07. The number of fused-ring (bicyclic) bond motifs is 8. The summed E-state index contributed by atoms with van der Waals surface area (Å²) in [6.07, 6.45) is 5.69. The fourth-order valence-electron chi connectivity index (χ4n) is 5.36. The van der Waals surface area contributed by atoms with Gasteiger partial charge in [-0.15, -0.1) is 0 Å². The van der Waals surface area contributed by atoms with Gasteiger partial charge in [-0.1, -0.05) is 44.2 Å². The molecule has 3 aromatic carbocycles. The maximum absolute atomic E-state index is 15.6. The molecule has 0 amide bonds. The topological polar surface area (TPSA) is 107 Å². The maximum Gasteiger partial charge on any atom is 0.168 e. The molecule has 0 aliphatic carbocycles. The van der Waals surface area contributed by atoms with Crippen LogP contribution < -0.4 is 16.3 Å². The number of H-pyrrole nitrogens is 1. The molecule has 43 heavy (non-hydrogen) atoms. The number of rotatable bonds is 1. The minimum atomic E-state index is -0.573. The summed E-state index contributed by atoms with van der Waals surface area (Å²) in [7, 11) is 0. The van der Waals surface area contributed by atoms with Gasteiger partial charge >= 0.3 is 0 Å². The van der Waals surface area contributed by atoms with Gasteiger partial charge < -0.3 is 25.2 Å². The first-order chi connectivity index (χ1) is 20.7. The quantitative estimate of drug-likeness (QED) is 0.191. The molecule has 10 heteroatoms. The van der Waals surface area contributed by atoms with Crippen molar-refractivity contribution in [3.63, 3.8) is 0 Å². The Balaban J connectivity index is 1.45. The van der Waals surface area contributed by atoms with Crippen LogP contribution in [-0.2, 0) is 11.3 Å². The van der Waals surface area contributed by atoms with Crippen molar-refractivity contribution in [1.82, 2.24) is 19.8 Å². The van der Waals surface area contributed by atoms with E-state index in [0.717, 1.165) is 10.9 Å². The molecule has 6 rings (SSSR count). The third-order valence-electron chi connectivity index (χ3n) is 7.83. The summed E-state index contributed by atoms with van der Waals surface area (Å²) in [5.74, 6) is 6.08. The normalized spacial score (nSPS) is 19.0. The zero-order valence-corrected chi connectivity index (χ0v) is 24.1. The Kier molecular flexibility index (Phi) is 7.64. The third kappa shape index (κ3) is 5.84. The van der Waals surface area contributed by atoms with Crippen molar-refractivity contribution >= 4 is 10.9 Å². The van der Waals surface area contributed by atoms with Crippen molar-refractivity contribution < 1.29 is 18.3 Å². The molecule has 222 valence electrons. The number of hydrogen-bond acceptors (Lipinski definition) is 6. The summed E-state index contributed by atoms with van der Waals surface area (Å²) in [6.45, 7) is 4.69. The number of ether oxygens (including phenoxy) is 2. The highest BCUT2D eigenvalue weighted by atomic mass is 19.1. The van der Waals surface area contributed by atoms with Gasteiger partial charge in [0.05, 0.1) is 24.9 Å². The molecule has 0 fully saturated rings. The van der Waals surface area contributed by atoms with Crippen molar-refractivity contribution in [3.05, 3.63) is 114 Å². The predicted octanol–water partition coefficient (Wildman–Crippen LogP) is 6.61. The molecule has 1 aliphatic heterocycles. The highest BCUT2D eigenvalue weighted by Gasteiger charge is 2.25. The van der Waals surface area contributed by atoms with E-state index in [1.165, 1.54) is 17.1 Å². The first-order valence-electron chi connectivity index (χ1n) is 14.1. The zero-order valence-electron chi connectivity index (χ0n) is 24.1. The van der Waals surface area contributed by atoms with Gasteiger partial charge in [0.15, 0.2) is 11.6 Å². The molecule has 0 radical (unpaired) electrons. The molecule has 1 unspecified atom stereocenters. The van der Waals surface area contributed by atoms with Crippen LogP contribution in [0.2, 0.25) is 0 Å². The molecule has 5 N–H and O–H groups in total. The Morgan fingerprint density at radius 3 is 2.70 bits per heavy atom. The standard InChI is InChI=1S/C33H34F2N6O2/c1-33(2)20-42-15-12-30(24-8-3-4-9-26(24)34)41-14-11-28(39-41)21-6-5-7-22(16-21)43-32-25(18-40(37)19-31(33)36)23-10-13-38-29(23)17-27(32)35/h3-11,13-14,16-17,19,30,38H,12,15,18,20,36-37H2,1-2H3/b31-19-. The molecule has 2 aromatic heterocycles. The van der Waals surface area contributed by atoms with Gasteiger partial charge in [-0.25, -0.2) is 14.6 Å². The van der Waals surface area contributed by atoms with Crippen LogP contribution in [0.1, 0.15) is 37.4 Å². The first-order valence-corrected chi connectivity index (χ1v) is 14.1. The van der Waals surface area contributed by atoms with Crippen molar-refractivity contribution in [2.75, 3.05) is 13.2 Å². The van der Waals surface area contributed by atoms with Gasteiger partial charge in [-0.2, -0.15) is 5.10 Å². The van der Waals surface area contributed by atoms with Crippen molar-refractivity contribution in [1.29, 1.82) is 0 Å². The van der Waals surface area contributed by atoms with E-state index in [2.05, 4.69) is 4.98 Å². The molecule has 0 saturated carbocycles. The highest BCUT2D eigenvalue weighted by molar-refractivity contribution is 5.85.